The number of benzene rings is 2. The van der Waals surface area contributed by atoms with Gasteiger partial charge in [0.1, 0.15) is 0 Å². The highest BCUT2D eigenvalue weighted by Crippen LogP contribution is 2.32. The predicted molar refractivity (Wildman–Crippen MR) is 101 cm³/mol. The van der Waals surface area contributed by atoms with Crippen LogP contribution in [0.4, 0.5) is 5.69 Å². The molecule has 3 rings (SSSR count). The predicted octanol–water partition coefficient (Wildman–Crippen LogP) is 2.54. The van der Waals surface area contributed by atoms with Crippen LogP contribution < -0.4 is 10.6 Å². The van der Waals surface area contributed by atoms with E-state index in [1.165, 1.54) is 11.1 Å². The summed E-state index contributed by atoms with van der Waals surface area (Å²) >= 11 is 0. The van der Waals surface area contributed by atoms with Gasteiger partial charge < -0.3 is 15.4 Å². The van der Waals surface area contributed by atoms with Gasteiger partial charge in [0.15, 0.2) is 0 Å². The van der Waals surface area contributed by atoms with Crippen molar-refractivity contribution in [2.75, 3.05) is 19.0 Å². The molecule has 0 fully saturated rings. The van der Waals surface area contributed by atoms with E-state index in [4.69, 9.17) is 4.74 Å². The Balaban J connectivity index is 1.60. The lowest BCUT2D eigenvalue weighted by molar-refractivity contribution is -0.137. The average molecular weight is 352 g/mol. The van der Waals surface area contributed by atoms with Gasteiger partial charge in [0.25, 0.3) is 0 Å². The third kappa shape index (κ3) is 3.94. The Morgan fingerprint density at radius 1 is 1.00 bits per heavy atom. The quantitative estimate of drug-likeness (QED) is 0.831. The summed E-state index contributed by atoms with van der Waals surface area (Å²) in [6.45, 7) is 4.18. The van der Waals surface area contributed by atoms with Gasteiger partial charge in [0.2, 0.25) is 0 Å². The molecule has 0 aliphatic heterocycles. The van der Waals surface area contributed by atoms with Crippen molar-refractivity contribution in [1.29, 1.82) is 0 Å². The van der Waals surface area contributed by atoms with Crippen molar-refractivity contribution < 1.29 is 14.3 Å². The minimum Gasteiger partial charge on any atom is -0.376 e. The van der Waals surface area contributed by atoms with Crippen LogP contribution in [0.1, 0.15) is 22.3 Å². The van der Waals surface area contributed by atoms with Crippen molar-refractivity contribution in [1.82, 2.24) is 5.32 Å². The van der Waals surface area contributed by atoms with E-state index in [2.05, 4.69) is 22.8 Å². The number of hydrogen-bond acceptors (Lipinski definition) is 3. The van der Waals surface area contributed by atoms with Gasteiger partial charge in [-0.15, -0.1) is 0 Å². The molecular weight excluding hydrogens is 328 g/mol. The van der Waals surface area contributed by atoms with Crippen molar-refractivity contribution in [2.45, 2.75) is 32.3 Å². The highest BCUT2D eigenvalue weighted by molar-refractivity contribution is 6.39. The molecule has 1 aliphatic carbocycles. The topological polar surface area (TPSA) is 67.4 Å². The van der Waals surface area contributed by atoms with Crippen LogP contribution in [0.3, 0.4) is 0 Å². The zero-order chi connectivity index (χ0) is 18.7. The summed E-state index contributed by atoms with van der Waals surface area (Å²) < 4.78 is 5.71. The summed E-state index contributed by atoms with van der Waals surface area (Å²) in [4.78, 5) is 24.4. The number of carbonyl (C=O) groups is 2. The Hall–Kier alpha value is -2.66. The van der Waals surface area contributed by atoms with E-state index in [9.17, 15) is 9.59 Å². The molecule has 0 bridgehead atoms. The lowest BCUT2D eigenvalue weighted by Gasteiger charge is -2.27. The van der Waals surface area contributed by atoms with E-state index >= 15 is 0 Å². The smallest absolute Gasteiger partial charge is 0.313 e. The molecule has 5 heteroatoms. The summed E-state index contributed by atoms with van der Waals surface area (Å²) in [6.07, 6.45) is 1.44. The molecule has 5 nitrogen and oxygen atoms in total. The van der Waals surface area contributed by atoms with Crippen molar-refractivity contribution >= 4 is 17.5 Å². The maximum atomic E-state index is 12.2. The van der Waals surface area contributed by atoms with Gasteiger partial charge in [0.05, 0.1) is 5.60 Å². The van der Waals surface area contributed by atoms with Crippen LogP contribution in [0.15, 0.2) is 42.5 Å². The number of amides is 2. The number of rotatable bonds is 4. The van der Waals surface area contributed by atoms with Gasteiger partial charge in [0, 0.05) is 32.2 Å². The lowest BCUT2D eigenvalue weighted by Crippen LogP contribution is -2.48. The van der Waals surface area contributed by atoms with Crippen molar-refractivity contribution in [2.24, 2.45) is 0 Å². The highest BCUT2D eigenvalue weighted by Gasteiger charge is 2.37. The Bertz CT molecular complexity index is 800. The molecule has 136 valence electrons. The van der Waals surface area contributed by atoms with Gasteiger partial charge in [-0.05, 0) is 48.2 Å². The maximum Gasteiger partial charge on any atom is 0.313 e. The van der Waals surface area contributed by atoms with E-state index < -0.39 is 17.4 Å². The lowest BCUT2D eigenvalue weighted by atomic mass is 10.00. The minimum atomic E-state index is -0.670. The number of hydrogen-bond donors (Lipinski definition) is 2. The number of fused-ring (bicyclic) bond motifs is 1. The molecule has 0 atom stereocenters. The van der Waals surface area contributed by atoms with E-state index in [1.807, 2.05) is 44.2 Å². The number of ether oxygens (including phenoxy) is 1. The van der Waals surface area contributed by atoms with Gasteiger partial charge in [-0.2, -0.15) is 0 Å². The zero-order valence-electron chi connectivity index (χ0n) is 15.4. The first-order valence-corrected chi connectivity index (χ1v) is 8.70. The first-order valence-electron chi connectivity index (χ1n) is 8.70. The second-order valence-electron chi connectivity index (χ2n) is 7.02. The summed E-state index contributed by atoms with van der Waals surface area (Å²) in [5.74, 6) is -1.33. The summed E-state index contributed by atoms with van der Waals surface area (Å²) in [5.41, 5.74) is 4.63. The minimum absolute atomic E-state index is 0.289. The molecule has 0 unspecified atom stereocenters. The molecule has 0 spiro atoms. The molecule has 26 heavy (non-hydrogen) atoms. The van der Waals surface area contributed by atoms with Crippen molar-refractivity contribution in [3.63, 3.8) is 0 Å². The van der Waals surface area contributed by atoms with Crippen LogP contribution in [-0.2, 0) is 27.2 Å². The fraction of sp³-hybridized carbons (Fsp3) is 0.333. The third-order valence-corrected chi connectivity index (χ3v) is 4.83. The van der Waals surface area contributed by atoms with E-state index in [0.717, 1.165) is 24.0 Å². The largest absolute Gasteiger partial charge is 0.376 e. The molecule has 2 amide bonds. The Morgan fingerprint density at radius 3 is 2.12 bits per heavy atom. The summed E-state index contributed by atoms with van der Waals surface area (Å²) in [6, 6.07) is 13.8. The number of nitrogens with one attached hydrogen (secondary N) is 2. The normalized spacial score (nSPS) is 14.6. The first-order chi connectivity index (χ1) is 12.4. The Morgan fingerprint density at radius 2 is 1.58 bits per heavy atom. The number of methoxy groups -OCH3 is 1. The van der Waals surface area contributed by atoms with Gasteiger partial charge >= 0.3 is 11.8 Å². The number of aryl methyl sites for hydroxylation is 2. The van der Waals surface area contributed by atoms with Crippen molar-refractivity contribution in [3.8, 4) is 0 Å². The second-order valence-corrected chi connectivity index (χ2v) is 7.02. The van der Waals surface area contributed by atoms with E-state index in [1.54, 1.807) is 7.11 Å². The zero-order valence-corrected chi connectivity index (χ0v) is 15.4. The van der Waals surface area contributed by atoms with Gasteiger partial charge in [-0.25, -0.2) is 0 Å². The standard InChI is InChI=1S/C21H24N2O3/c1-14-8-15(2)10-18(9-14)23-20(25)19(24)22-13-21(26-3)11-16-6-4-5-7-17(16)12-21/h4-10H,11-13H2,1-3H3,(H,22,24)(H,23,25). The molecular formula is C21H24N2O3. The Labute approximate surface area is 153 Å². The van der Waals surface area contributed by atoms with Crippen LogP contribution in [0, 0.1) is 13.8 Å². The van der Waals surface area contributed by atoms with Gasteiger partial charge in [-0.1, -0.05) is 30.3 Å². The monoisotopic (exact) mass is 352 g/mol. The molecule has 0 saturated heterocycles. The average Bonchev–Trinajstić information content (AvgIpc) is 2.98. The van der Waals surface area contributed by atoms with Crippen LogP contribution in [0.5, 0.6) is 0 Å². The first kappa shape index (κ1) is 18.1. The number of anilines is 1. The fourth-order valence-corrected chi connectivity index (χ4v) is 3.56. The molecule has 1 aliphatic rings. The molecule has 0 heterocycles. The van der Waals surface area contributed by atoms with Crippen LogP contribution in [0.25, 0.3) is 0 Å². The molecule has 2 N–H and O–H groups in total. The van der Waals surface area contributed by atoms with Crippen LogP contribution >= 0.6 is 0 Å². The third-order valence-electron chi connectivity index (χ3n) is 4.83. The molecule has 2 aromatic rings. The molecule has 0 saturated carbocycles. The molecule has 2 aromatic carbocycles. The maximum absolute atomic E-state index is 12.2. The summed E-state index contributed by atoms with van der Waals surface area (Å²) in [5, 5.41) is 5.38. The second kappa shape index (κ2) is 7.30. The fourth-order valence-electron chi connectivity index (χ4n) is 3.56. The van der Waals surface area contributed by atoms with Gasteiger partial charge in [-0.3, -0.25) is 9.59 Å². The number of carbonyl (C=O) groups excluding carboxylic acids is 2. The van der Waals surface area contributed by atoms with E-state index in [0.29, 0.717) is 5.69 Å². The van der Waals surface area contributed by atoms with Crippen LogP contribution in [-0.4, -0.2) is 31.1 Å². The van der Waals surface area contributed by atoms with E-state index in [-0.39, 0.29) is 6.54 Å². The highest BCUT2D eigenvalue weighted by atomic mass is 16.5. The van der Waals surface area contributed by atoms with Crippen molar-refractivity contribution in [3.05, 3.63) is 64.7 Å². The SMILES string of the molecule is COC1(CNC(=O)C(=O)Nc2cc(C)cc(C)c2)Cc2ccccc2C1. The Kier molecular flexibility index (Phi) is 5.09. The summed E-state index contributed by atoms with van der Waals surface area (Å²) in [7, 11) is 1.65. The molecule has 0 aromatic heterocycles. The molecule has 0 radical (unpaired) electrons. The van der Waals surface area contributed by atoms with Crippen LogP contribution in [0.2, 0.25) is 0 Å².